The van der Waals surface area contributed by atoms with E-state index in [2.05, 4.69) is 79.3 Å². The van der Waals surface area contributed by atoms with Gasteiger partial charge in [0.1, 0.15) is 0 Å². The third-order valence-electron chi connectivity index (χ3n) is 1.53. The molecule has 2 rings (SSSR count). The van der Waals surface area contributed by atoms with Gasteiger partial charge >= 0.3 is 0 Å². The third-order valence-corrected chi connectivity index (χ3v) is 5.68. The van der Waals surface area contributed by atoms with Crippen molar-refractivity contribution >= 4 is 82.5 Å². The largest absolute Gasteiger partial charge is 0.129 e. The molecular weight excluding hydrogens is 462 g/mol. The number of benzene rings is 1. The second-order valence-corrected chi connectivity index (χ2v) is 7.35. The average molecular weight is 465 g/mol. The van der Waals surface area contributed by atoms with Crippen LogP contribution in [0.3, 0.4) is 0 Å². The van der Waals surface area contributed by atoms with E-state index in [9.17, 15) is 0 Å². The second kappa shape index (κ2) is 3.70. The molecule has 0 radical (unpaired) electrons. The van der Waals surface area contributed by atoms with Gasteiger partial charge in [-0.05, 0) is 84.7 Å². The van der Waals surface area contributed by atoms with Gasteiger partial charge in [-0.1, -0.05) is 0 Å². The van der Waals surface area contributed by atoms with Crippen LogP contribution in [-0.4, -0.2) is 0 Å². The molecule has 0 saturated heterocycles. The van der Waals surface area contributed by atoms with Crippen LogP contribution in [0, 0.1) is 6.45 Å². The molecule has 0 nitrogen and oxygen atoms in total. The lowest BCUT2D eigenvalue weighted by Gasteiger charge is -1.94. The molecule has 2 aromatic rings. The summed E-state index contributed by atoms with van der Waals surface area (Å²) in [6.45, 7) is 0. The van der Waals surface area contributed by atoms with E-state index in [0.29, 0.717) is 0 Å². The maximum absolute atomic E-state index is 3.52. The van der Waals surface area contributed by atoms with Crippen molar-refractivity contribution in [3.05, 3.63) is 29.1 Å². The molecule has 0 aliphatic rings. The number of thiophene rings is 1. The van der Waals surface area contributed by atoms with Crippen LogP contribution in [0.25, 0.3) is 10.1 Å². The fourth-order valence-electron chi connectivity index (χ4n) is 1.00. The van der Waals surface area contributed by atoms with Crippen molar-refractivity contribution in [1.82, 2.24) is 0 Å². The summed E-state index contributed by atoms with van der Waals surface area (Å²) in [4.78, 5) is 0. The number of fused-ring (bicyclic) bond motifs is 1. The van der Waals surface area contributed by atoms with E-state index >= 15 is 0 Å². The van der Waals surface area contributed by atoms with E-state index < -0.39 is 0 Å². The zero-order valence-electron chi connectivity index (χ0n) is 5.77. The highest BCUT2D eigenvalue weighted by molar-refractivity contribution is 14.1. The predicted molar refractivity (Wildman–Crippen MR) is 75.0 cm³/mol. The first-order valence-electron chi connectivity index (χ1n) is 3.21. The van der Waals surface area contributed by atoms with Crippen LogP contribution in [0.4, 0.5) is 0 Å². The minimum absolute atomic E-state index is 1.19. The zero-order valence-corrected chi connectivity index (χ0v) is 12.5. The van der Waals surface area contributed by atoms with Crippen LogP contribution in [0.2, 0.25) is 0 Å². The van der Waals surface area contributed by atoms with Gasteiger partial charge in [0.05, 0.1) is 2.88 Å². The van der Waals surface area contributed by atoms with Gasteiger partial charge in [0.15, 0.2) is 0 Å². The standard InChI is InChI=1S/C8H3BrI2S/c9-5-3-7-4(1-6(5)10)2-8(11)12-7/h1-3H. The molecule has 1 aromatic heterocycles. The first kappa shape index (κ1) is 9.67. The first-order valence-corrected chi connectivity index (χ1v) is 6.97. The van der Waals surface area contributed by atoms with Crippen molar-refractivity contribution in [2.75, 3.05) is 0 Å². The highest BCUT2D eigenvalue weighted by Crippen LogP contribution is 2.32. The van der Waals surface area contributed by atoms with Gasteiger partial charge in [0.2, 0.25) is 0 Å². The Hall–Kier alpha value is 1.12. The summed E-state index contributed by atoms with van der Waals surface area (Å²) in [5, 5.41) is 1.34. The molecule has 0 bridgehead atoms. The molecule has 0 N–H and O–H groups in total. The van der Waals surface area contributed by atoms with E-state index in [1.807, 2.05) is 11.3 Å². The van der Waals surface area contributed by atoms with Crippen LogP contribution >= 0.6 is 72.4 Å². The zero-order chi connectivity index (χ0) is 8.72. The second-order valence-electron chi connectivity index (χ2n) is 2.35. The topological polar surface area (TPSA) is 0 Å². The van der Waals surface area contributed by atoms with Gasteiger partial charge in [-0.3, -0.25) is 0 Å². The fraction of sp³-hybridized carbons (Fsp3) is 0. The van der Waals surface area contributed by atoms with Crippen LogP contribution in [0.1, 0.15) is 0 Å². The van der Waals surface area contributed by atoms with Gasteiger partial charge in [0.25, 0.3) is 0 Å². The molecule has 0 amide bonds. The minimum atomic E-state index is 1.19. The quantitative estimate of drug-likeness (QED) is 0.488. The molecule has 0 saturated carbocycles. The summed E-state index contributed by atoms with van der Waals surface area (Å²) in [6, 6.07) is 6.61. The van der Waals surface area contributed by atoms with Gasteiger partial charge in [-0.2, -0.15) is 0 Å². The average Bonchev–Trinajstić information content (AvgIpc) is 2.30. The van der Waals surface area contributed by atoms with E-state index in [4.69, 9.17) is 0 Å². The van der Waals surface area contributed by atoms with Gasteiger partial charge in [-0.15, -0.1) is 11.3 Å². The molecule has 0 aliphatic carbocycles. The van der Waals surface area contributed by atoms with Crippen LogP contribution < -0.4 is 0 Å². The molecule has 1 heterocycles. The lowest BCUT2D eigenvalue weighted by atomic mass is 10.3. The van der Waals surface area contributed by atoms with E-state index in [1.54, 1.807) is 0 Å². The Morgan fingerprint density at radius 3 is 2.67 bits per heavy atom. The molecular formula is C8H3BrI2S. The first-order chi connectivity index (χ1) is 5.66. The molecule has 12 heavy (non-hydrogen) atoms. The fourth-order valence-corrected chi connectivity index (χ4v) is 3.84. The van der Waals surface area contributed by atoms with Crippen molar-refractivity contribution in [1.29, 1.82) is 0 Å². The Balaban J connectivity index is 2.83. The summed E-state index contributed by atoms with van der Waals surface area (Å²) in [5.74, 6) is 0. The Morgan fingerprint density at radius 1 is 1.17 bits per heavy atom. The van der Waals surface area contributed by atoms with Crippen molar-refractivity contribution < 1.29 is 0 Å². The van der Waals surface area contributed by atoms with Gasteiger partial charge < -0.3 is 0 Å². The summed E-state index contributed by atoms with van der Waals surface area (Å²) < 4.78 is 5.16. The van der Waals surface area contributed by atoms with Crippen LogP contribution in [0.5, 0.6) is 0 Å². The van der Waals surface area contributed by atoms with E-state index in [1.165, 1.54) is 21.0 Å². The van der Waals surface area contributed by atoms with Gasteiger partial charge in [-0.25, -0.2) is 0 Å². The summed E-state index contributed by atoms with van der Waals surface area (Å²) in [6.07, 6.45) is 0. The SMILES string of the molecule is Brc1cc2sc(I)cc2cc1I. The van der Waals surface area contributed by atoms with Crippen LogP contribution in [-0.2, 0) is 0 Å². The minimum Gasteiger partial charge on any atom is -0.129 e. The molecule has 62 valence electrons. The maximum Gasteiger partial charge on any atom is 0.0666 e. The van der Waals surface area contributed by atoms with E-state index in [0.717, 1.165) is 0 Å². The molecule has 0 unspecified atom stereocenters. The van der Waals surface area contributed by atoms with Crippen molar-refractivity contribution in [2.24, 2.45) is 0 Å². The number of rotatable bonds is 0. The summed E-state index contributed by atoms with van der Waals surface area (Å²) in [5.41, 5.74) is 0. The lowest BCUT2D eigenvalue weighted by Crippen LogP contribution is -1.71. The van der Waals surface area contributed by atoms with E-state index in [-0.39, 0.29) is 0 Å². The molecule has 0 atom stereocenters. The Kier molecular flexibility index (Phi) is 2.98. The molecule has 0 spiro atoms. The Bertz CT molecular complexity index is 397. The highest BCUT2D eigenvalue weighted by Gasteiger charge is 2.02. The smallest absolute Gasteiger partial charge is 0.0666 e. The predicted octanol–water partition coefficient (Wildman–Crippen LogP) is 4.87. The lowest BCUT2D eigenvalue weighted by molar-refractivity contribution is 1.68. The van der Waals surface area contributed by atoms with Crippen molar-refractivity contribution in [3.8, 4) is 0 Å². The molecule has 1 aromatic carbocycles. The molecule has 0 aliphatic heterocycles. The van der Waals surface area contributed by atoms with Crippen LogP contribution in [0.15, 0.2) is 22.7 Å². The van der Waals surface area contributed by atoms with Crippen molar-refractivity contribution in [2.45, 2.75) is 0 Å². The summed E-state index contributed by atoms with van der Waals surface area (Å²) >= 11 is 10.0. The number of hydrogen-bond acceptors (Lipinski definition) is 1. The maximum atomic E-state index is 3.52. The molecule has 4 heteroatoms. The number of halogens is 3. The number of hydrogen-bond donors (Lipinski definition) is 0. The van der Waals surface area contributed by atoms with Gasteiger partial charge in [0, 0.05) is 12.7 Å². The highest BCUT2D eigenvalue weighted by atomic mass is 127. The monoisotopic (exact) mass is 464 g/mol. The normalized spacial score (nSPS) is 10.9. The third kappa shape index (κ3) is 1.80. The van der Waals surface area contributed by atoms with Crippen molar-refractivity contribution in [3.63, 3.8) is 0 Å². The summed E-state index contributed by atoms with van der Waals surface area (Å²) in [7, 11) is 0. The Morgan fingerprint density at radius 2 is 1.92 bits per heavy atom. The molecule has 0 fully saturated rings. The Labute approximate surface area is 110 Å².